The van der Waals surface area contributed by atoms with Gasteiger partial charge in [0.2, 0.25) is 0 Å². The summed E-state index contributed by atoms with van der Waals surface area (Å²) >= 11 is 0. The van der Waals surface area contributed by atoms with Gasteiger partial charge in [0.1, 0.15) is 11.5 Å². The first-order valence-electron chi connectivity index (χ1n) is 10.1. The van der Waals surface area contributed by atoms with Crippen LogP contribution in [0, 0.1) is 0 Å². The lowest BCUT2D eigenvalue weighted by molar-refractivity contribution is 0.0697. The van der Waals surface area contributed by atoms with Crippen molar-refractivity contribution in [3.8, 4) is 34.0 Å². The molecule has 0 aliphatic carbocycles. The second kappa shape index (κ2) is 8.32. The van der Waals surface area contributed by atoms with E-state index in [1.54, 1.807) is 18.2 Å². The number of benzene rings is 4. The Labute approximate surface area is 184 Å². The Morgan fingerprint density at radius 3 is 1.84 bits per heavy atom. The summed E-state index contributed by atoms with van der Waals surface area (Å²) in [5.41, 5.74) is 4.56. The maximum Gasteiger partial charge on any atom is 0.335 e. The van der Waals surface area contributed by atoms with Crippen LogP contribution in [0.25, 0.3) is 33.5 Å². The normalized spacial score (nSPS) is 10.8. The summed E-state index contributed by atoms with van der Waals surface area (Å²) in [6.07, 6.45) is 0. The summed E-state index contributed by atoms with van der Waals surface area (Å²) in [5.74, 6) is 0.499. The number of rotatable bonds is 5. The van der Waals surface area contributed by atoms with Crippen molar-refractivity contribution in [1.29, 1.82) is 0 Å². The van der Waals surface area contributed by atoms with Gasteiger partial charge < -0.3 is 9.84 Å². The van der Waals surface area contributed by atoms with Crippen molar-refractivity contribution < 1.29 is 14.6 Å². The summed E-state index contributed by atoms with van der Waals surface area (Å²) < 4.78 is 5.90. The van der Waals surface area contributed by atoms with Crippen molar-refractivity contribution in [3.63, 3.8) is 0 Å². The monoisotopic (exact) mass is 418 g/mol. The molecule has 0 atom stereocenters. The molecule has 0 aliphatic heterocycles. The van der Waals surface area contributed by atoms with E-state index < -0.39 is 5.97 Å². The molecule has 0 amide bonds. The maximum atomic E-state index is 11.4. The van der Waals surface area contributed by atoms with E-state index in [-0.39, 0.29) is 5.56 Å². The third-order valence-corrected chi connectivity index (χ3v) is 5.07. The van der Waals surface area contributed by atoms with Gasteiger partial charge in [-0.2, -0.15) is 0 Å². The van der Waals surface area contributed by atoms with E-state index in [1.165, 1.54) is 0 Å². The highest BCUT2D eigenvalue weighted by Gasteiger charge is 2.15. The van der Waals surface area contributed by atoms with E-state index in [1.807, 2.05) is 84.9 Å². The lowest BCUT2D eigenvalue weighted by Gasteiger charge is -2.12. The van der Waals surface area contributed by atoms with E-state index in [2.05, 4.69) is 0 Å². The van der Waals surface area contributed by atoms with Gasteiger partial charge in [-0.1, -0.05) is 48.5 Å². The number of nitrogens with zero attached hydrogens (tertiary/aromatic N) is 2. The summed E-state index contributed by atoms with van der Waals surface area (Å²) in [5, 5.41) is 9.33. The molecule has 5 heteroatoms. The zero-order valence-electron chi connectivity index (χ0n) is 17.0. The number of hydrogen-bond donors (Lipinski definition) is 1. The molecular weight excluding hydrogens is 400 g/mol. The minimum Gasteiger partial charge on any atom is -0.478 e. The molecule has 0 saturated carbocycles. The molecular formula is C27H18N2O3. The Balaban J connectivity index is 1.60. The molecule has 1 N–H and O–H groups in total. The molecule has 0 unspecified atom stereocenters. The van der Waals surface area contributed by atoms with Gasteiger partial charge in [0.15, 0.2) is 0 Å². The molecule has 32 heavy (non-hydrogen) atoms. The van der Waals surface area contributed by atoms with Crippen LogP contribution < -0.4 is 4.74 Å². The van der Waals surface area contributed by atoms with Crippen LogP contribution in [0.4, 0.5) is 0 Å². The Morgan fingerprint density at radius 1 is 0.625 bits per heavy atom. The zero-order valence-corrected chi connectivity index (χ0v) is 17.0. The number of aromatic carboxylic acids is 1. The first kappa shape index (κ1) is 19.5. The van der Waals surface area contributed by atoms with Gasteiger partial charge in [0, 0.05) is 11.1 Å². The van der Waals surface area contributed by atoms with Crippen LogP contribution in [0.2, 0.25) is 0 Å². The Bertz CT molecular complexity index is 1400. The van der Waals surface area contributed by atoms with Crippen molar-refractivity contribution >= 4 is 17.0 Å². The Hall–Kier alpha value is -4.51. The smallest absolute Gasteiger partial charge is 0.335 e. The second-order valence-electron chi connectivity index (χ2n) is 7.23. The standard InChI is InChI=1S/C27H18N2O3/c30-27(31)20-13-16-23-24(17-20)29-25(18-7-3-1-4-8-18)26(28-23)19-11-14-22(15-12-19)32-21-9-5-2-6-10-21/h1-17H,(H,30,31). The number of carboxylic acids is 1. The van der Waals surface area contributed by atoms with Gasteiger partial charge in [-0.25, -0.2) is 14.8 Å². The number of ether oxygens (including phenoxy) is 1. The topological polar surface area (TPSA) is 72.3 Å². The van der Waals surface area contributed by atoms with Gasteiger partial charge in [-0.15, -0.1) is 0 Å². The quantitative estimate of drug-likeness (QED) is 0.355. The fourth-order valence-electron chi connectivity index (χ4n) is 3.49. The Morgan fingerprint density at radius 2 is 1.19 bits per heavy atom. The van der Waals surface area contributed by atoms with Crippen LogP contribution in [0.3, 0.4) is 0 Å². The number of hydrogen-bond acceptors (Lipinski definition) is 4. The van der Waals surface area contributed by atoms with Crippen LogP contribution in [-0.2, 0) is 0 Å². The molecule has 5 nitrogen and oxygen atoms in total. The largest absolute Gasteiger partial charge is 0.478 e. The third kappa shape index (κ3) is 3.91. The summed E-state index contributed by atoms with van der Waals surface area (Å²) in [7, 11) is 0. The van der Waals surface area contributed by atoms with Crippen molar-refractivity contribution in [2.45, 2.75) is 0 Å². The van der Waals surface area contributed by atoms with E-state index in [4.69, 9.17) is 14.7 Å². The molecule has 5 rings (SSSR count). The van der Waals surface area contributed by atoms with E-state index in [0.29, 0.717) is 16.7 Å². The van der Waals surface area contributed by atoms with Crippen LogP contribution in [-0.4, -0.2) is 21.0 Å². The van der Waals surface area contributed by atoms with Gasteiger partial charge in [0.05, 0.1) is 28.0 Å². The van der Waals surface area contributed by atoms with Crippen LogP contribution in [0.5, 0.6) is 11.5 Å². The molecule has 1 aromatic heterocycles. The first-order chi connectivity index (χ1) is 15.7. The Kier molecular flexibility index (Phi) is 5.06. The number of carbonyl (C=O) groups is 1. The fourth-order valence-corrected chi connectivity index (χ4v) is 3.49. The second-order valence-corrected chi connectivity index (χ2v) is 7.23. The van der Waals surface area contributed by atoms with Gasteiger partial charge in [-0.05, 0) is 54.6 Å². The fraction of sp³-hybridized carbons (Fsp3) is 0. The first-order valence-corrected chi connectivity index (χ1v) is 10.1. The summed E-state index contributed by atoms with van der Waals surface area (Å²) in [6, 6.07) is 31.8. The minimum absolute atomic E-state index is 0.181. The van der Waals surface area contributed by atoms with Crippen molar-refractivity contribution in [2.24, 2.45) is 0 Å². The van der Waals surface area contributed by atoms with E-state index >= 15 is 0 Å². The molecule has 154 valence electrons. The van der Waals surface area contributed by atoms with Crippen LogP contribution in [0.15, 0.2) is 103 Å². The third-order valence-electron chi connectivity index (χ3n) is 5.07. The van der Waals surface area contributed by atoms with E-state index in [9.17, 15) is 9.90 Å². The molecule has 0 bridgehead atoms. The average molecular weight is 418 g/mol. The molecule has 0 spiro atoms. The predicted molar refractivity (Wildman–Crippen MR) is 124 cm³/mol. The van der Waals surface area contributed by atoms with Crippen molar-refractivity contribution in [3.05, 3.63) is 109 Å². The van der Waals surface area contributed by atoms with Crippen molar-refractivity contribution in [1.82, 2.24) is 9.97 Å². The van der Waals surface area contributed by atoms with Crippen LogP contribution in [0.1, 0.15) is 10.4 Å². The maximum absolute atomic E-state index is 11.4. The number of aromatic nitrogens is 2. The van der Waals surface area contributed by atoms with Crippen LogP contribution >= 0.6 is 0 Å². The molecule has 0 saturated heterocycles. The predicted octanol–water partition coefficient (Wildman–Crippen LogP) is 6.45. The SMILES string of the molecule is O=C(O)c1ccc2nc(-c3ccc(Oc4ccccc4)cc3)c(-c3ccccc3)nc2c1. The number of fused-ring (bicyclic) bond motifs is 1. The summed E-state index contributed by atoms with van der Waals surface area (Å²) in [6.45, 7) is 0. The van der Waals surface area contributed by atoms with Gasteiger partial charge >= 0.3 is 5.97 Å². The molecule has 0 fully saturated rings. The minimum atomic E-state index is -0.993. The highest BCUT2D eigenvalue weighted by Crippen LogP contribution is 2.32. The number of para-hydroxylation sites is 1. The average Bonchev–Trinajstić information content (AvgIpc) is 2.84. The molecule has 1 heterocycles. The molecule has 0 radical (unpaired) electrons. The van der Waals surface area contributed by atoms with Gasteiger partial charge in [-0.3, -0.25) is 0 Å². The highest BCUT2D eigenvalue weighted by atomic mass is 16.5. The molecule has 4 aromatic carbocycles. The lowest BCUT2D eigenvalue weighted by atomic mass is 10.0. The summed E-state index contributed by atoms with van der Waals surface area (Å²) in [4.78, 5) is 21.0. The van der Waals surface area contributed by atoms with Crippen molar-refractivity contribution in [2.75, 3.05) is 0 Å². The van der Waals surface area contributed by atoms with Gasteiger partial charge in [0.25, 0.3) is 0 Å². The highest BCUT2D eigenvalue weighted by molar-refractivity contribution is 5.94. The van der Waals surface area contributed by atoms with E-state index in [0.717, 1.165) is 28.3 Å². The number of carboxylic acid groups (broad SMARTS) is 1. The molecule has 5 aromatic rings. The molecule has 0 aliphatic rings. The lowest BCUT2D eigenvalue weighted by Crippen LogP contribution is -1.99. The zero-order chi connectivity index (χ0) is 21.9.